The molecule has 1 spiro atoms. The van der Waals surface area contributed by atoms with E-state index in [1.54, 1.807) is 17.0 Å². The highest BCUT2D eigenvalue weighted by Crippen LogP contribution is 2.33. The fourth-order valence-electron chi connectivity index (χ4n) is 4.05. The summed E-state index contributed by atoms with van der Waals surface area (Å²) >= 11 is 1.82. The van der Waals surface area contributed by atoms with Gasteiger partial charge in [0.15, 0.2) is 0 Å². The number of morpholine rings is 1. The van der Waals surface area contributed by atoms with Crippen molar-refractivity contribution in [2.45, 2.75) is 38.3 Å². The van der Waals surface area contributed by atoms with Crippen LogP contribution in [0.1, 0.15) is 29.7 Å². The average molecular weight is 389 g/mol. The number of benzene rings is 1. The van der Waals surface area contributed by atoms with Crippen LogP contribution in [0.5, 0.6) is 0 Å². The predicted molar refractivity (Wildman–Crippen MR) is 106 cm³/mol. The van der Waals surface area contributed by atoms with Crippen LogP contribution in [-0.2, 0) is 16.1 Å². The van der Waals surface area contributed by atoms with Gasteiger partial charge in [-0.1, -0.05) is 6.07 Å². The van der Waals surface area contributed by atoms with Gasteiger partial charge in [0.25, 0.3) is 5.91 Å². The van der Waals surface area contributed by atoms with Crippen molar-refractivity contribution in [3.05, 3.63) is 52.0 Å². The fourth-order valence-corrected chi connectivity index (χ4v) is 4.99. The second-order valence-electron chi connectivity index (χ2n) is 7.59. The molecular formula is C21H25FN2O2S. The number of carbonyl (C=O) groups excluding carboxylic acids is 1. The largest absolute Gasteiger partial charge is 0.363 e. The number of aryl methyl sites for hydroxylation is 1. The molecule has 1 aromatic carbocycles. The first kappa shape index (κ1) is 18.6. The maximum atomic E-state index is 13.6. The molecule has 0 bridgehead atoms. The number of likely N-dealkylation sites (tertiary alicyclic amines) is 1. The van der Waals surface area contributed by atoms with Crippen LogP contribution in [-0.4, -0.2) is 42.6 Å². The zero-order chi connectivity index (χ0) is 18.9. The maximum Gasteiger partial charge on any atom is 0.253 e. The second-order valence-corrected chi connectivity index (χ2v) is 8.59. The van der Waals surface area contributed by atoms with Crippen molar-refractivity contribution in [2.75, 3.05) is 31.1 Å². The molecular weight excluding hydrogens is 363 g/mol. The number of nitrogens with zero attached hydrogens (tertiary/aromatic N) is 2. The van der Waals surface area contributed by atoms with Crippen LogP contribution in [0.2, 0.25) is 0 Å². The monoisotopic (exact) mass is 388 g/mol. The molecule has 0 N–H and O–H groups in total. The lowest BCUT2D eigenvalue weighted by molar-refractivity contribution is -0.140. The van der Waals surface area contributed by atoms with Gasteiger partial charge in [0.2, 0.25) is 0 Å². The average Bonchev–Trinajstić information content (AvgIpc) is 2.95. The van der Waals surface area contributed by atoms with Crippen LogP contribution in [0, 0.1) is 12.7 Å². The molecule has 144 valence electrons. The summed E-state index contributed by atoms with van der Waals surface area (Å²) in [6.07, 6.45) is 2.85. The summed E-state index contributed by atoms with van der Waals surface area (Å²) in [6.45, 7) is 5.70. The Kier molecular flexibility index (Phi) is 5.30. The summed E-state index contributed by atoms with van der Waals surface area (Å²) < 4.78 is 19.7. The molecule has 0 radical (unpaired) electrons. The molecule has 2 aliphatic heterocycles. The number of hydrogen-bond donors (Lipinski definition) is 0. The van der Waals surface area contributed by atoms with Gasteiger partial charge in [0.05, 0.1) is 12.1 Å². The molecule has 0 aliphatic carbocycles. The lowest BCUT2D eigenvalue weighted by Gasteiger charge is -2.42. The van der Waals surface area contributed by atoms with Crippen LogP contribution in [0.15, 0.2) is 35.7 Å². The summed E-state index contributed by atoms with van der Waals surface area (Å²) in [4.78, 5) is 18.0. The standard InChI is InChI=1S/C21H25FN2O2S/c1-16-6-11-27-19(16)13-23-9-3-7-21(8-10-23)15-24(20(25)14-26-21)18-5-2-4-17(22)12-18/h2,4-6,11-12H,3,7-10,13-15H2,1H3. The topological polar surface area (TPSA) is 32.8 Å². The Morgan fingerprint density at radius 1 is 1.26 bits per heavy atom. The van der Waals surface area contributed by atoms with Crippen molar-refractivity contribution in [3.8, 4) is 0 Å². The number of hydrogen-bond acceptors (Lipinski definition) is 4. The van der Waals surface area contributed by atoms with E-state index in [1.807, 2.05) is 11.3 Å². The molecule has 4 rings (SSSR count). The zero-order valence-electron chi connectivity index (χ0n) is 15.6. The highest BCUT2D eigenvalue weighted by atomic mass is 32.1. The first-order valence-corrected chi connectivity index (χ1v) is 10.4. The third-order valence-electron chi connectivity index (χ3n) is 5.69. The lowest BCUT2D eigenvalue weighted by Crippen LogP contribution is -2.55. The minimum atomic E-state index is -0.334. The molecule has 27 heavy (non-hydrogen) atoms. The van der Waals surface area contributed by atoms with Crippen molar-refractivity contribution in [1.29, 1.82) is 0 Å². The van der Waals surface area contributed by atoms with Crippen LogP contribution < -0.4 is 4.90 Å². The van der Waals surface area contributed by atoms with E-state index >= 15 is 0 Å². The van der Waals surface area contributed by atoms with E-state index < -0.39 is 0 Å². The van der Waals surface area contributed by atoms with Gasteiger partial charge < -0.3 is 9.64 Å². The first-order valence-electron chi connectivity index (χ1n) is 9.50. The summed E-state index contributed by atoms with van der Waals surface area (Å²) in [5.41, 5.74) is 1.65. The SMILES string of the molecule is Cc1ccsc1CN1CCCC2(CC1)CN(c1cccc(F)c1)C(=O)CO2. The fraction of sp³-hybridized carbons (Fsp3) is 0.476. The Bertz CT molecular complexity index is 824. The molecule has 6 heteroatoms. The van der Waals surface area contributed by atoms with Crippen molar-refractivity contribution in [1.82, 2.24) is 4.90 Å². The van der Waals surface area contributed by atoms with Gasteiger partial charge in [-0.2, -0.15) is 0 Å². The van der Waals surface area contributed by atoms with Crippen molar-refractivity contribution >= 4 is 22.9 Å². The minimum absolute atomic E-state index is 0.0700. The van der Waals surface area contributed by atoms with E-state index in [4.69, 9.17) is 4.74 Å². The van der Waals surface area contributed by atoms with Gasteiger partial charge in [-0.05, 0) is 67.9 Å². The number of amides is 1. The van der Waals surface area contributed by atoms with E-state index in [9.17, 15) is 9.18 Å². The van der Waals surface area contributed by atoms with Gasteiger partial charge in [-0.15, -0.1) is 11.3 Å². The van der Waals surface area contributed by atoms with Crippen molar-refractivity contribution in [2.24, 2.45) is 0 Å². The van der Waals surface area contributed by atoms with E-state index in [0.717, 1.165) is 38.9 Å². The third-order valence-corrected chi connectivity index (χ3v) is 6.70. The number of ether oxygens (including phenoxy) is 1. The number of thiophene rings is 1. The van der Waals surface area contributed by atoms with Crippen LogP contribution in [0.4, 0.5) is 10.1 Å². The number of carbonyl (C=O) groups is 1. The molecule has 2 saturated heterocycles. The Morgan fingerprint density at radius 2 is 2.15 bits per heavy atom. The summed E-state index contributed by atoms with van der Waals surface area (Å²) in [5.74, 6) is -0.416. The third kappa shape index (κ3) is 4.08. The van der Waals surface area contributed by atoms with E-state index in [2.05, 4.69) is 23.3 Å². The smallest absolute Gasteiger partial charge is 0.253 e. The predicted octanol–water partition coefficient (Wildman–Crippen LogP) is 3.98. The first-order chi connectivity index (χ1) is 13.0. The van der Waals surface area contributed by atoms with Gasteiger partial charge in [0, 0.05) is 23.7 Å². The van der Waals surface area contributed by atoms with Crippen molar-refractivity contribution in [3.63, 3.8) is 0 Å². The highest BCUT2D eigenvalue weighted by Gasteiger charge is 2.41. The normalized spacial score (nSPS) is 24.4. The Hall–Kier alpha value is -1.76. The Labute approximate surface area is 163 Å². The number of halogens is 1. The van der Waals surface area contributed by atoms with Crippen LogP contribution >= 0.6 is 11.3 Å². The van der Waals surface area contributed by atoms with E-state index in [-0.39, 0.29) is 23.9 Å². The zero-order valence-corrected chi connectivity index (χ0v) is 16.4. The molecule has 1 amide bonds. The number of rotatable bonds is 3. The highest BCUT2D eigenvalue weighted by molar-refractivity contribution is 7.10. The summed E-state index contributed by atoms with van der Waals surface area (Å²) in [7, 11) is 0. The van der Waals surface area contributed by atoms with Crippen molar-refractivity contribution < 1.29 is 13.9 Å². The molecule has 3 heterocycles. The molecule has 2 fully saturated rings. The summed E-state index contributed by atoms with van der Waals surface area (Å²) in [5, 5.41) is 2.15. The Balaban J connectivity index is 1.46. The lowest BCUT2D eigenvalue weighted by atomic mass is 9.92. The molecule has 1 atom stereocenters. The van der Waals surface area contributed by atoms with Gasteiger partial charge in [-0.3, -0.25) is 9.69 Å². The van der Waals surface area contributed by atoms with Crippen LogP contribution in [0.3, 0.4) is 0 Å². The van der Waals surface area contributed by atoms with E-state index in [0.29, 0.717) is 12.2 Å². The van der Waals surface area contributed by atoms with E-state index in [1.165, 1.54) is 22.6 Å². The second kappa shape index (κ2) is 7.70. The molecule has 2 aliphatic rings. The van der Waals surface area contributed by atoms with Gasteiger partial charge in [-0.25, -0.2) is 4.39 Å². The van der Waals surface area contributed by atoms with Gasteiger partial charge >= 0.3 is 0 Å². The van der Waals surface area contributed by atoms with Crippen LogP contribution in [0.25, 0.3) is 0 Å². The summed E-state index contributed by atoms with van der Waals surface area (Å²) in [6, 6.07) is 8.45. The minimum Gasteiger partial charge on any atom is -0.363 e. The van der Waals surface area contributed by atoms with Gasteiger partial charge in [0.1, 0.15) is 12.4 Å². The number of anilines is 1. The molecule has 0 saturated carbocycles. The maximum absolute atomic E-state index is 13.6. The molecule has 1 aromatic heterocycles. The molecule has 2 aromatic rings. The Morgan fingerprint density at radius 3 is 2.93 bits per heavy atom. The molecule has 4 nitrogen and oxygen atoms in total. The molecule has 1 unspecified atom stereocenters. The quantitative estimate of drug-likeness (QED) is 0.797.